The molecule has 1 fully saturated rings. The molecule has 0 aromatic heterocycles. The van der Waals surface area contributed by atoms with Gasteiger partial charge >= 0.3 is 0 Å². The van der Waals surface area contributed by atoms with Crippen molar-refractivity contribution >= 4 is 21.8 Å². The smallest absolute Gasteiger partial charge is 0.251 e. The van der Waals surface area contributed by atoms with E-state index in [9.17, 15) is 4.79 Å². The number of likely N-dealkylation sites (N-methyl/N-ethyl adjacent to an activating group) is 1. The molecule has 1 atom stereocenters. The zero-order valence-electron chi connectivity index (χ0n) is 11.6. The van der Waals surface area contributed by atoms with Crippen molar-refractivity contribution in [1.29, 1.82) is 0 Å². The molecule has 1 aliphatic rings. The van der Waals surface area contributed by atoms with Crippen molar-refractivity contribution in [2.24, 2.45) is 0 Å². The molecule has 1 amide bonds. The number of benzene rings is 1. The molecule has 1 heterocycles. The van der Waals surface area contributed by atoms with E-state index < -0.39 is 0 Å². The van der Waals surface area contributed by atoms with Crippen LogP contribution in [0.1, 0.15) is 35.7 Å². The minimum Gasteiger partial charge on any atom is -0.348 e. The lowest BCUT2D eigenvalue weighted by Crippen LogP contribution is -2.47. The van der Waals surface area contributed by atoms with E-state index >= 15 is 0 Å². The summed E-state index contributed by atoms with van der Waals surface area (Å²) in [7, 11) is 0. The Bertz CT molecular complexity index is 461. The minimum atomic E-state index is 0.0433. The molecule has 3 nitrogen and oxygen atoms in total. The summed E-state index contributed by atoms with van der Waals surface area (Å²) < 4.78 is 0.985. The molecule has 1 saturated heterocycles. The van der Waals surface area contributed by atoms with Crippen molar-refractivity contribution in [1.82, 2.24) is 10.2 Å². The van der Waals surface area contributed by atoms with Gasteiger partial charge in [0.2, 0.25) is 0 Å². The molecule has 0 saturated carbocycles. The molecule has 104 valence electrons. The van der Waals surface area contributed by atoms with Crippen molar-refractivity contribution in [2.75, 3.05) is 19.6 Å². The molecule has 0 spiro atoms. The Labute approximate surface area is 123 Å². The van der Waals surface area contributed by atoms with E-state index in [4.69, 9.17) is 0 Å². The maximum absolute atomic E-state index is 12.3. The van der Waals surface area contributed by atoms with Gasteiger partial charge in [0.25, 0.3) is 5.91 Å². The molecule has 0 radical (unpaired) electrons. The SMILES string of the molecule is CCN1CCCC(NC(=O)c2cccc(Br)c2C)C1. The van der Waals surface area contributed by atoms with Crippen molar-refractivity contribution in [2.45, 2.75) is 32.7 Å². The van der Waals surface area contributed by atoms with Gasteiger partial charge in [-0.15, -0.1) is 0 Å². The first-order chi connectivity index (χ1) is 9.11. The fourth-order valence-corrected chi connectivity index (χ4v) is 2.94. The first kappa shape index (κ1) is 14.5. The summed E-state index contributed by atoms with van der Waals surface area (Å²) in [6.45, 7) is 7.32. The van der Waals surface area contributed by atoms with Crippen LogP contribution >= 0.6 is 15.9 Å². The summed E-state index contributed by atoms with van der Waals surface area (Å²) in [5, 5.41) is 3.17. The number of rotatable bonds is 3. The maximum atomic E-state index is 12.3. The largest absolute Gasteiger partial charge is 0.348 e. The average molecular weight is 325 g/mol. The first-order valence-electron chi connectivity index (χ1n) is 6.90. The van der Waals surface area contributed by atoms with Crippen LogP contribution < -0.4 is 5.32 Å². The molecule has 19 heavy (non-hydrogen) atoms. The summed E-state index contributed by atoms with van der Waals surface area (Å²) in [5.41, 5.74) is 1.77. The van der Waals surface area contributed by atoms with E-state index in [1.54, 1.807) is 0 Å². The molecule has 1 aromatic carbocycles. The van der Waals surface area contributed by atoms with Gasteiger partial charge in [0, 0.05) is 22.6 Å². The highest BCUT2D eigenvalue weighted by molar-refractivity contribution is 9.10. The second-order valence-electron chi connectivity index (χ2n) is 5.12. The quantitative estimate of drug-likeness (QED) is 0.927. The lowest BCUT2D eigenvalue weighted by Gasteiger charge is -2.32. The van der Waals surface area contributed by atoms with Gasteiger partial charge in [-0.1, -0.05) is 28.9 Å². The van der Waals surface area contributed by atoms with Crippen LogP contribution in [0.3, 0.4) is 0 Å². The van der Waals surface area contributed by atoms with E-state index in [1.807, 2.05) is 25.1 Å². The van der Waals surface area contributed by atoms with E-state index in [-0.39, 0.29) is 11.9 Å². The molecule has 2 rings (SSSR count). The second-order valence-corrected chi connectivity index (χ2v) is 5.97. The summed E-state index contributed by atoms with van der Waals surface area (Å²) in [4.78, 5) is 14.7. The zero-order valence-corrected chi connectivity index (χ0v) is 13.2. The first-order valence-corrected chi connectivity index (χ1v) is 7.69. The van der Waals surface area contributed by atoms with Crippen LogP contribution in [0.4, 0.5) is 0 Å². The Balaban J connectivity index is 2.02. The highest BCUT2D eigenvalue weighted by Gasteiger charge is 2.21. The lowest BCUT2D eigenvalue weighted by atomic mass is 10.0. The van der Waals surface area contributed by atoms with E-state index in [1.165, 1.54) is 0 Å². The van der Waals surface area contributed by atoms with Gasteiger partial charge in [-0.3, -0.25) is 4.79 Å². The Hall–Kier alpha value is -0.870. The van der Waals surface area contributed by atoms with Gasteiger partial charge in [0.15, 0.2) is 0 Å². The molecule has 1 aliphatic heterocycles. The molecule has 0 aliphatic carbocycles. The van der Waals surface area contributed by atoms with Gasteiger partial charge in [0.1, 0.15) is 0 Å². The molecular formula is C15H21BrN2O. The topological polar surface area (TPSA) is 32.3 Å². The molecule has 1 aromatic rings. The number of carbonyl (C=O) groups excluding carboxylic acids is 1. The number of amides is 1. The maximum Gasteiger partial charge on any atom is 0.251 e. The normalized spacial score (nSPS) is 20.3. The third-order valence-electron chi connectivity index (χ3n) is 3.80. The Kier molecular flexibility index (Phi) is 4.99. The van der Waals surface area contributed by atoms with Crippen LogP contribution in [-0.2, 0) is 0 Å². The Morgan fingerprint density at radius 3 is 3.05 bits per heavy atom. The second kappa shape index (κ2) is 6.53. The average Bonchev–Trinajstić information content (AvgIpc) is 2.42. The predicted octanol–water partition coefficient (Wildman–Crippen LogP) is 2.97. The summed E-state index contributed by atoms with van der Waals surface area (Å²) in [6, 6.07) is 6.03. The van der Waals surface area contributed by atoms with E-state index in [0.29, 0.717) is 0 Å². The number of halogens is 1. The van der Waals surface area contributed by atoms with Crippen LogP contribution in [0.15, 0.2) is 22.7 Å². The van der Waals surface area contributed by atoms with Crippen molar-refractivity contribution in [3.05, 3.63) is 33.8 Å². The Morgan fingerprint density at radius 2 is 2.32 bits per heavy atom. The molecule has 1 N–H and O–H groups in total. The van der Waals surface area contributed by atoms with Crippen LogP contribution in [0.2, 0.25) is 0 Å². The molecule has 0 bridgehead atoms. The number of piperidine rings is 1. The van der Waals surface area contributed by atoms with Gasteiger partial charge < -0.3 is 10.2 Å². The number of likely N-dealkylation sites (tertiary alicyclic amines) is 1. The summed E-state index contributed by atoms with van der Waals surface area (Å²) >= 11 is 3.47. The zero-order chi connectivity index (χ0) is 13.8. The standard InChI is InChI=1S/C15H21BrN2O/c1-3-18-9-5-6-12(10-18)17-15(19)13-7-4-8-14(16)11(13)2/h4,7-8,12H,3,5-6,9-10H2,1-2H3,(H,17,19). The monoisotopic (exact) mass is 324 g/mol. The third-order valence-corrected chi connectivity index (χ3v) is 4.66. The fourth-order valence-electron chi connectivity index (χ4n) is 2.58. The van der Waals surface area contributed by atoms with Gasteiger partial charge in [-0.25, -0.2) is 0 Å². The minimum absolute atomic E-state index is 0.0433. The number of hydrogen-bond acceptors (Lipinski definition) is 2. The highest BCUT2D eigenvalue weighted by atomic mass is 79.9. The number of carbonyl (C=O) groups is 1. The van der Waals surface area contributed by atoms with E-state index in [0.717, 1.165) is 48.1 Å². The highest BCUT2D eigenvalue weighted by Crippen LogP contribution is 2.20. The van der Waals surface area contributed by atoms with Crippen LogP contribution in [-0.4, -0.2) is 36.5 Å². The van der Waals surface area contributed by atoms with Crippen LogP contribution in [0.25, 0.3) is 0 Å². The van der Waals surface area contributed by atoms with Gasteiger partial charge in [0.05, 0.1) is 0 Å². The summed E-state index contributed by atoms with van der Waals surface area (Å²) in [6.07, 6.45) is 2.24. The number of hydrogen-bond donors (Lipinski definition) is 1. The van der Waals surface area contributed by atoms with E-state index in [2.05, 4.69) is 33.1 Å². The fraction of sp³-hybridized carbons (Fsp3) is 0.533. The van der Waals surface area contributed by atoms with Crippen LogP contribution in [0.5, 0.6) is 0 Å². The molecule has 4 heteroatoms. The summed E-state index contributed by atoms with van der Waals surface area (Å²) in [5.74, 6) is 0.0433. The molecular weight excluding hydrogens is 304 g/mol. The lowest BCUT2D eigenvalue weighted by molar-refractivity contribution is 0.0905. The van der Waals surface area contributed by atoms with Gasteiger partial charge in [-0.2, -0.15) is 0 Å². The predicted molar refractivity (Wildman–Crippen MR) is 81.5 cm³/mol. The Morgan fingerprint density at radius 1 is 1.53 bits per heavy atom. The number of nitrogens with zero attached hydrogens (tertiary/aromatic N) is 1. The van der Waals surface area contributed by atoms with Crippen LogP contribution in [0, 0.1) is 6.92 Å². The van der Waals surface area contributed by atoms with Gasteiger partial charge in [-0.05, 0) is 50.6 Å². The number of nitrogens with one attached hydrogen (secondary N) is 1. The third kappa shape index (κ3) is 3.57. The van der Waals surface area contributed by atoms with Crippen molar-refractivity contribution < 1.29 is 4.79 Å². The van der Waals surface area contributed by atoms with Crippen molar-refractivity contribution in [3.8, 4) is 0 Å². The van der Waals surface area contributed by atoms with Crippen molar-refractivity contribution in [3.63, 3.8) is 0 Å². The molecule has 1 unspecified atom stereocenters.